The Morgan fingerprint density at radius 3 is 2.85 bits per heavy atom. The van der Waals surface area contributed by atoms with Crippen molar-refractivity contribution in [3.8, 4) is 0 Å². The lowest BCUT2D eigenvalue weighted by atomic mass is 9.80. The molecule has 26 heavy (non-hydrogen) atoms. The molecule has 0 spiro atoms. The molecular weight excluding hydrogens is 330 g/mol. The van der Waals surface area contributed by atoms with E-state index in [4.69, 9.17) is 0 Å². The summed E-state index contributed by atoms with van der Waals surface area (Å²) in [6, 6.07) is 0.225. The number of carbonyl (C=O) groups is 1. The van der Waals surface area contributed by atoms with Crippen LogP contribution in [0.5, 0.6) is 0 Å². The third-order valence-corrected chi connectivity index (χ3v) is 6.15. The van der Waals surface area contributed by atoms with E-state index >= 15 is 0 Å². The highest BCUT2D eigenvalue weighted by atomic mass is 16.5. The zero-order chi connectivity index (χ0) is 19.0. The molecule has 150 valence electrons. The molecule has 1 saturated heterocycles. The summed E-state index contributed by atoms with van der Waals surface area (Å²) < 4.78 is 4.64. The van der Waals surface area contributed by atoms with E-state index in [1.54, 1.807) is 0 Å². The molecule has 2 fully saturated rings. The summed E-state index contributed by atoms with van der Waals surface area (Å²) in [5.74, 6) is 0.549. The van der Waals surface area contributed by atoms with Gasteiger partial charge in [-0.1, -0.05) is 31.9 Å². The summed E-state index contributed by atoms with van der Waals surface area (Å²) in [6.07, 6.45) is 13.6. The van der Waals surface area contributed by atoms with Gasteiger partial charge in [-0.2, -0.15) is 0 Å². The van der Waals surface area contributed by atoms with E-state index in [0.29, 0.717) is 12.3 Å². The molecule has 0 radical (unpaired) electrons. The summed E-state index contributed by atoms with van der Waals surface area (Å²) in [5, 5.41) is 24.8. The highest BCUT2D eigenvalue weighted by molar-refractivity contribution is 5.69. The van der Waals surface area contributed by atoms with Crippen LogP contribution in [0.4, 0.5) is 0 Å². The molecule has 0 bridgehead atoms. The van der Waals surface area contributed by atoms with Gasteiger partial charge in [-0.3, -0.25) is 10.1 Å². The molecule has 5 atom stereocenters. The minimum atomic E-state index is -0.741. The van der Waals surface area contributed by atoms with Gasteiger partial charge in [0.15, 0.2) is 0 Å². The van der Waals surface area contributed by atoms with Crippen LogP contribution < -0.4 is 5.32 Å². The minimum Gasteiger partial charge on any atom is -0.469 e. The lowest BCUT2D eigenvalue weighted by Crippen LogP contribution is -2.56. The van der Waals surface area contributed by atoms with E-state index in [2.05, 4.69) is 29.1 Å². The van der Waals surface area contributed by atoms with Gasteiger partial charge in [-0.05, 0) is 63.2 Å². The Balaban J connectivity index is 1.76. The molecular formula is C21H37NO4. The Morgan fingerprint density at radius 2 is 2.12 bits per heavy atom. The summed E-state index contributed by atoms with van der Waals surface area (Å²) in [5.41, 5.74) is -0.741. The lowest BCUT2D eigenvalue weighted by molar-refractivity contribution is -0.140. The number of rotatable bonds is 10. The first kappa shape index (κ1) is 21.4. The van der Waals surface area contributed by atoms with Crippen molar-refractivity contribution in [3.63, 3.8) is 0 Å². The number of hydrogen-bond donors (Lipinski definition) is 3. The van der Waals surface area contributed by atoms with Crippen molar-refractivity contribution in [3.05, 3.63) is 12.2 Å². The molecule has 0 aromatic carbocycles. The van der Waals surface area contributed by atoms with Crippen molar-refractivity contribution in [1.82, 2.24) is 5.32 Å². The van der Waals surface area contributed by atoms with Crippen LogP contribution >= 0.6 is 0 Å². The topological polar surface area (TPSA) is 78.8 Å². The van der Waals surface area contributed by atoms with Crippen molar-refractivity contribution in [2.75, 3.05) is 7.11 Å². The van der Waals surface area contributed by atoms with E-state index in [1.807, 2.05) is 0 Å². The number of piperidine rings is 1. The van der Waals surface area contributed by atoms with Crippen LogP contribution in [-0.2, 0) is 9.53 Å². The number of fused-ring (bicyclic) bond motifs is 1. The molecule has 0 aromatic heterocycles. The summed E-state index contributed by atoms with van der Waals surface area (Å²) in [6.45, 7) is 2.18. The average molecular weight is 368 g/mol. The van der Waals surface area contributed by atoms with Crippen LogP contribution in [0.3, 0.4) is 0 Å². The highest BCUT2D eigenvalue weighted by Crippen LogP contribution is 2.43. The van der Waals surface area contributed by atoms with Gasteiger partial charge in [-0.15, -0.1) is 0 Å². The third kappa shape index (κ3) is 6.07. The van der Waals surface area contributed by atoms with Crippen LogP contribution in [0.1, 0.15) is 77.6 Å². The van der Waals surface area contributed by atoms with Crippen molar-refractivity contribution in [2.45, 2.75) is 95.4 Å². The zero-order valence-corrected chi connectivity index (χ0v) is 16.5. The van der Waals surface area contributed by atoms with Gasteiger partial charge >= 0.3 is 5.97 Å². The van der Waals surface area contributed by atoms with Crippen LogP contribution in [-0.4, -0.2) is 41.2 Å². The predicted octanol–water partition coefficient (Wildman–Crippen LogP) is 3.29. The van der Waals surface area contributed by atoms with Gasteiger partial charge in [0.2, 0.25) is 0 Å². The number of methoxy groups -OCH3 is 1. The number of aliphatic hydroxyl groups excluding tert-OH is 1. The SMILES string of the molecule is CCCCCC1(O)CC[C@H]2[C@@H](CC(O)[C@@H]2C/C=C\CCCC(=O)OC)N1. The maximum atomic E-state index is 11.1. The predicted molar refractivity (Wildman–Crippen MR) is 102 cm³/mol. The van der Waals surface area contributed by atoms with Crippen LogP contribution in [0.25, 0.3) is 0 Å². The molecule has 2 aliphatic rings. The Kier molecular flexibility index (Phi) is 8.58. The van der Waals surface area contributed by atoms with Crippen molar-refractivity contribution < 1.29 is 19.7 Å². The monoisotopic (exact) mass is 367 g/mol. The summed E-state index contributed by atoms with van der Waals surface area (Å²) in [4.78, 5) is 11.1. The number of hydrogen-bond acceptors (Lipinski definition) is 5. The fraction of sp³-hybridized carbons (Fsp3) is 0.857. The molecule has 1 saturated carbocycles. The average Bonchev–Trinajstić information content (AvgIpc) is 2.91. The number of carbonyl (C=O) groups excluding carboxylic acids is 1. The van der Waals surface area contributed by atoms with Gasteiger partial charge in [0.25, 0.3) is 0 Å². The normalized spacial score (nSPS) is 34.2. The van der Waals surface area contributed by atoms with E-state index < -0.39 is 5.72 Å². The first-order valence-electron chi connectivity index (χ1n) is 10.4. The molecule has 5 nitrogen and oxygen atoms in total. The highest BCUT2D eigenvalue weighted by Gasteiger charge is 2.48. The van der Waals surface area contributed by atoms with Gasteiger partial charge in [0, 0.05) is 12.5 Å². The molecule has 2 unspecified atom stereocenters. The third-order valence-electron chi connectivity index (χ3n) is 6.15. The molecule has 0 amide bonds. The number of esters is 1. The largest absolute Gasteiger partial charge is 0.469 e. The van der Waals surface area contributed by atoms with E-state index in [-0.39, 0.29) is 24.0 Å². The number of ether oxygens (including phenoxy) is 1. The van der Waals surface area contributed by atoms with Gasteiger partial charge in [0.1, 0.15) is 5.72 Å². The smallest absolute Gasteiger partial charge is 0.305 e. The Labute approximate surface area is 158 Å². The Morgan fingerprint density at radius 1 is 1.31 bits per heavy atom. The molecule has 0 aromatic rings. The number of unbranched alkanes of at least 4 members (excludes halogenated alkanes) is 3. The second-order valence-electron chi connectivity index (χ2n) is 8.08. The molecule has 1 heterocycles. The lowest BCUT2D eigenvalue weighted by Gasteiger charge is -2.41. The molecule has 5 heteroatoms. The molecule has 3 N–H and O–H groups in total. The summed E-state index contributed by atoms with van der Waals surface area (Å²) >= 11 is 0. The van der Waals surface area contributed by atoms with E-state index in [0.717, 1.165) is 64.2 Å². The van der Waals surface area contributed by atoms with E-state index in [9.17, 15) is 15.0 Å². The fourth-order valence-electron chi connectivity index (χ4n) is 4.63. The first-order valence-corrected chi connectivity index (χ1v) is 10.4. The molecule has 2 rings (SSSR count). The van der Waals surface area contributed by atoms with Crippen LogP contribution in [0.15, 0.2) is 12.2 Å². The second kappa shape index (κ2) is 10.4. The van der Waals surface area contributed by atoms with Crippen molar-refractivity contribution >= 4 is 5.97 Å². The Bertz CT molecular complexity index is 467. The maximum absolute atomic E-state index is 11.1. The first-order chi connectivity index (χ1) is 12.5. The quantitative estimate of drug-likeness (QED) is 0.314. The standard InChI is InChI=1S/C21H37NO4/c1-3-4-9-13-21(25)14-12-16-17(19(23)15-18(16)22-21)10-7-5-6-8-11-20(24)26-2/h5,7,16-19,22-23,25H,3-4,6,8-15H2,1-2H3/b7-5-/t16-,17-,18-,19?,21?/m1/s1. The van der Waals surface area contributed by atoms with Crippen LogP contribution in [0.2, 0.25) is 0 Å². The van der Waals surface area contributed by atoms with Gasteiger partial charge in [-0.25, -0.2) is 0 Å². The molecule has 1 aliphatic heterocycles. The van der Waals surface area contributed by atoms with Crippen molar-refractivity contribution in [2.24, 2.45) is 11.8 Å². The zero-order valence-electron chi connectivity index (χ0n) is 16.5. The maximum Gasteiger partial charge on any atom is 0.305 e. The second-order valence-corrected chi connectivity index (χ2v) is 8.08. The fourth-order valence-corrected chi connectivity index (χ4v) is 4.63. The van der Waals surface area contributed by atoms with Crippen LogP contribution in [0, 0.1) is 11.8 Å². The number of nitrogens with one attached hydrogen (secondary N) is 1. The van der Waals surface area contributed by atoms with Gasteiger partial charge < -0.3 is 14.9 Å². The minimum absolute atomic E-state index is 0.160. The molecule has 1 aliphatic carbocycles. The van der Waals surface area contributed by atoms with E-state index in [1.165, 1.54) is 7.11 Å². The number of aliphatic hydroxyl groups is 2. The van der Waals surface area contributed by atoms with Gasteiger partial charge in [0.05, 0.1) is 13.2 Å². The Hall–Kier alpha value is -0.910. The summed E-state index contributed by atoms with van der Waals surface area (Å²) in [7, 11) is 1.42. The van der Waals surface area contributed by atoms with Crippen molar-refractivity contribution in [1.29, 1.82) is 0 Å². The number of allylic oxidation sites excluding steroid dienone is 2.